The number of nitrogens with one attached hydrogen (secondary N) is 1. The van der Waals surface area contributed by atoms with Gasteiger partial charge in [-0.15, -0.1) is 0 Å². The van der Waals surface area contributed by atoms with Crippen LogP contribution >= 0.6 is 0 Å². The fraction of sp³-hybridized carbons (Fsp3) is 0.391. The minimum atomic E-state index is -3.58. The molecule has 0 unspecified atom stereocenters. The molecule has 1 N–H and O–H groups in total. The highest BCUT2D eigenvalue weighted by Crippen LogP contribution is 2.22. The Balaban J connectivity index is 1.67. The van der Waals surface area contributed by atoms with Crippen LogP contribution in [0.2, 0.25) is 0 Å². The average Bonchev–Trinajstić information content (AvgIpc) is 2.74. The summed E-state index contributed by atoms with van der Waals surface area (Å²) in [6, 6.07) is 14.1. The minimum absolute atomic E-state index is 0.0729. The maximum Gasteiger partial charge on any atom is 0.271 e. The van der Waals surface area contributed by atoms with Gasteiger partial charge in [0, 0.05) is 18.7 Å². The highest BCUT2D eigenvalue weighted by atomic mass is 32.2. The van der Waals surface area contributed by atoms with Crippen LogP contribution in [0.15, 0.2) is 58.5 Å². The molecule has 3 rings (SSSR count). The largest absolute Gasteiger partial charge is 0.271 e. The summed E-state index contributed by atoms with van der Waals surface area (Å²) in [5, 5.41) is 4.01. The molecular formula is C23H29N3O3S. The highest BCUT2D eigenvalue weighted by molar-refractivity contribution is 7.89. The van der Waals surface area contributed by atoms with E-state index in [1.165, 1.54) is 22.0 Å². The summed E-state index contributed by atoms with van der Waals surface area (Å²) in [4.78, 5) is 12.6. The number of nitrogens with zero attached hydrogens (tertiary/aromatic N) is 2. The fourth-order valence-electron chi connectivity index (χ4n) is 3.35. The Morgan fingerprint density at radius 2 is 1.70 bits per heavy atom. The third-order valence-corrected chi connectivity index (χ3v) is 7.10. The predicted molar refractivity (Wildman–Crippen MR) is 119 cm³/mol. The summed E-state index contributed by atoms with van der Waals surface area (Å²) in [5.41, 5.74) is 4.89. The van der Waals surface area contributed by atoms with Crippen LogP contribution in [0.1, 0.15) is 61.5 Å². The minimum Gasteiger partial charge on any atom is -0.267 e. The molecule has 7 heteroatoms. The molecule has 1 fully saturated rings. The third kappa shape index (κ3) is 5.34. The summed E-state index contributed by atoms with van der Waals surface area (Å²) >= 11 is 0. The van der Waals surface area contributed by atoms with Gasteiger partial charge in [-0.3, -0.25) is 4.79 Å². The van der Waals surface area contributed by atoms with Gasteiger partial charge in [0.2, 0.25) is 10.0 Å². The summed E-state index contributed by atoms with van der Waals surface area (Å²) in [6.45, 7) is 7.50. The quantitative estimate of drug-likeness (QED) is 0.580. The standard InChI is InChI=1S/C23H29N3O3S/c1-23(2,3)20-12-10-18(11-13-20)17-24-25-22(27)19-8-7-9-21(16-19)30(28,29)26-14-5-4-6-15-26/h7-13,16-17H,4-6,14-15H2,1-3H3,(H,25,27)/b24-17-. The van der Waals surface area contributed by atoms with E-state index in [0.717, 1.165) is 24.8 Å². The summed E-state index contributed by atoms with van der Waals surface area (Å²) in [5.74, 6) is -0.451. The SMILES string of the molecule is CC(C)(C)c1ccc(/C=N\NC(=O)c2cccc(S(=O)(=O)N3CCCCC3)c2)cc1. The molecule has 0 aliphatic carbocycles. The van der Waals surface area contributed by atoms with Crippen molar-refractivity contribution >= 4 is 22.1 Å². The molecule has 2 aromatic rings. The molecule has 2 aromatic carbocycles. The second-order valence-electron chi connectivity index (χ2n) is 8.56. The lowest BCUT2D eigenvalue weighted by Crippen LogP contribution is -2.35. The van der Waals surface area contributed by atoms with Crippen LogP contribution in [0.25, 0.3) is 0 Å². The van der Waals surface area contributed by atoms with Crippen LogP contribution < -0.4 is 5.43 Å². The molecule has 0 atom stereocenters. The van der Waals surface area contributed by atoms with Gasteiger partial charge in [-0.05, 0) is 47.6 Å². The lowest BCUT2D eigenvalue weighted by molar-refractivity contribution is 0.0955. The molecule has 1 aliphatic rings. The molecule has 6 nitrogen and oxygen atoms in total. The van der Waals surface area contributed by atoms with E-state index in [1.807, 2.05) is 24.3 Å². The Kier molecular flexibility index (Phi) is 6.73. The van der Waals surface area contributed by atoms with E-state index in [-0.39, 0.29) is 15.9 Å². The van der Waals surface area contributed by atoms with Crippen LogP contribution in [0.4, 0.5) is 0 Å². The van der Waals surface area contributed by atoms with Crippen LogP contribution in [0.3, 0.4) is 0 Å². The van der Waals surface area contributed by atoms with Gasteiger partial charge in [0.05, 0.1) is 11.1 Å². The number of sulfonamides is 1. The van der Waals surface area contributed by atoms with Crippen molar-refractivity contribution in [3.63, 3.8) is 0 Å². The zero-order valence-corrected chi connectivity index (χ0v) is 18.6. The maximum absolute atomic E-state index is 12.8. The Labute approximate surface area is 179 Å². The van der Waals surface area contributed by atoms with Crippen molar-refractivity contribution < 1.29 is 13.2 Å². The maximum atomic E-state index is 12.8. The van der Waals surface area contributed by atoms with E-state index in [9.17, 15) is 13.2 Å². The number of carbonyl (C=O) groups excluding carboxylic acids is 1. The first-order valence-corrected chi connectivity index (χ1v) is 11.7. The van der Waals surface area contributed by atoms with E-state index in [4.69, 9.17) is 0 Å². The second-order valence-corrected chi connectivity index (χ2v) is 10.5. The first kappa shape index (κ1) is 22.2. The Bertz CT molecular complexity index is 1020. The number of carbonyl (C=O) groups is 1. The molecule has 1 amide bonds. The number of hydrogen-bond acceptors (Lipinski definition) is 4. The van der Waals surface area contributed by atoms with Crippen LogP contribution in [-0.2, 0) is 15.4 Å². The molecule has 30 heavy (non-hydrogen) atoms. The smallest absolute Gasteiger partial charge is 0.267 e. The number of hydrogen-bond donors (Lipinski definition) is 1. The van der Waals surface area contributed by atoms with Gasteiger partial charge in [-0.25, -0.2) is 13.8 Å². The summed E-state index contributed by atoms with van der Waals surface area (Å²) < 4.78 is 27.1. The van der Waals surface area contributed by atoms with Crippen LogP contribution in [0, 0.1) is 0 Å². The molecule has 0 bridgehead atoms. The Morgan fingerprint density at radius 1 is 1.03 bits per heavy atom. The van der Waals surface area contributed by atoms with Gasteiger partial charge in [-0.2, -0.15) is 9.41 Å². The predicted octanol–water partition coefficient (Wildman–Crippen LogP) is 3.92. The highest BCUT2D eigenvalue weighted by Gasteiger charge is 2.26. The van der Waals surface area contributed by atoms with Gasteiger partial charge in [-0.1, -0.05) is 57.5 Å². The van der Waals surface area contributed by atoms with Gasteiger partial charge in [0.1, 0.15) is 0 Å². The van der Waals surface area contributed by atoms with Crippen molar-refractivity contribution in [1.29, 1.82) is 0 Å². The van der Waals surface area contributed by atoms with Crippen molar-refractivity contribution in [2.45, 2.75) is 50.3 Å². The molecule has 0 spiro atoms. The molecular weight excluding hydrogens is 398 g/mol. The summed E-state index contributed by atoms with van der Waals surface area (Å²) in [7, 11) is -3.58. The van der Waals surface area contributed by atoms with E-state index in [2.05, 4.69) is 31.3 Å². The van der Waals surface area contributed by atoms with Gasteiger partial charge in [0.25, 0.3) is 5.91 Å². The number of piperidine rings is 1. The average molecular weight is 428 g/mol. The van der Waals surface area contributed by atoms with Crippen LogP contribution in [-0.4, -0.2) is 37.9 Å². The van der Waals surface area contributed by atoms with Crippen LogP contribution in [0.5, 0.6) is 0 Å². The zero-order chi connectivity index (χ0) is 21.8. The number of hydrazone groups is 1. The van der Waals surface area contributed by atoms with Crippen molar-refractivity contribution in [1.82, 2.24) is 9.73 Å². The van der Waals surface area contributed by atoms with E-state index < -0.39 is 15.9 Å². The fourth-order valence-corrected chi connectivity index (χ4v) is 4.91. The Hall–Kier alpha value is -2.51. The number of amides is 1. The molecule has 0 aromatic heterocycles. The molecule has 160 valence electrons. The van der Waals surface area contributed by atoms with E-state index in [0.29, 0.717) is 13.1 Å². The van der Waals surface area contributed by atoms with Gasteiger partial charge < -0.3 is 0 Å². The van der Waals surface area contributed by atoms with E-state index in [1.54, 1.807) is 18.3 Å². The number of benzene rings is 2. The first-order valence-electron chi connectivity index (χ1n) is 10.2. The second kappa shape index (κ2) is 9.10. The monoisotopic (exact) mass is 427 g/mol. The van der Waals surface area contributed by atoms with Crippen molar-refractivity contribution in [2.24, 2.45) is 5.10 Å². The molecule has 0 saturated carbocycles. The topological polar surface area (TPSA) is 78.8 Å². The molecule has 1 saturated heterocycles. The normalized spacial score (nSPS) is 16.0. The number of rotatable bonds is 5. The molecule has 1 aliphatic heterocycles. The van der Waals surface area contributed by atoms with Crippen molar-refractivity contribution in [3.8, 4) is 0 Å². The molecule has 1 heterocycles. The lowest BCUT2D eigenvalue weighted by Gasteiger charge is -2.25. The Morgan fingerprint density at radius 3 is 2.33 bits per heavy atom. The molecule has 0 radical (unpaired) electrons. The zero-order valence-electron chi connectivity index (χ0n) is 17.8. The van der Waals surface area contributed by atoms with Crippen molar-refractivity contribution in [2.75, 3.05) is 13.1 Å². The van der Waals surface area contributed by atoms with Gasteiger partial charge in [0.15, 0.2) is 0 Å². The summed E-state index contributed by atoms with van der Waals surface area (Å²) in [6.07, 6.45) is 4.35. The lowest BCUT2D eigenvalue weighted by atomic mass is 9.87. The first-order chi connectivity index (χ1) is 14.2. The van der Waals surface area contributed by atoms with E-state index >= 15 is 0 Å². The van der Waals surface area contributed by atoms with Gasteiger partial charge >= 0.3 is 0 Å². The van der Waals surface area contributed by atoms with Crippen molar-refractivity contribution in [3.05, 3.63) is 65.2 Å². The third-order valence-electron chi connectivity index (χ3n) is 5.21.